The van der Waals surface area contributed by atoms with Gasteiger partial charge in [0.05, 0.1) is 17.8 Å². The first-order valence-electron chi connectivity index (χ1n) is 12.2. The fraction of sp³-hybridized carbons (Fsp3) is 0.207. The number of anilines is 1. The van der Waals surface area contributed by atoms with Crippen LogP contribution >= 0.6 is 0 Å². The van der Waals surface area contributed by atoms with Gasteiger partial charge in [0.1, 0.15) is 18.4 Å². The van der Waals surface area contributed by atoms with E-state index in [0.29, 0.717) is 24.3 Å². The second-order valence-electron chi connectivity index (χ2n) is 8.99. The first-order valence-corrected chi connectivity index (χ1v) is 12.2. The van der Waals surface area contributed by atoms with Crippen LogP contribution in [0.2, 0.25) is 0 Å². The van der Waals surface area contributed by atoms with Crippen molar-refractivity contribution in [1.29, 1.82) is 5.26 Å². The average molecular weight is 508 g/mol. The Kier molecular flexibility index (Phi) is 8.59. The molecule has 4 aromatic rings. The lowest BCUT2D eigenvalue weighted by Gasteiger charge is -2.19. The van der Waals surface area contributed by atoms with Gasteiger partial charge in [-0.3, -0.25) is 14.3 Å². The van der Waals surface area contributed by atoms with Gasteiger partial charge in [-0.05, 0) is 41.8 Å². The Morgan fingerprint density at radius 2 is 1.76 bits per heavy atom. The Hall–Kier alpha value is -4.81. The molecule has 0 aliphatic heterocycles. The lowest BCUT2D eigenvalue weighted by Crippen LogP contribution is -2.34. The summed E-state index contributed by atoms with van der Waals surface area (Å²) >= 11 is 0. The van der Waals surface area contributed by atoms with E-state index in [4.69, 9.17) is 5.26 Å². The van der Waals surface area contributed by atoms with E-state index in [2.05, 4.69) is 26.8 Å². The highest BCUT2D eigenvalue weighted by molar-refractivity contribution is 5.95. The van der Waals surface area contributed by atoms with Gasteiger partial charge in [-0.2, -0.15) is 10.4 Å². The molecule has 0 saturated heterocycles. The van der Waals surface area contributed by atoms with E-state index >= 15 is 0 Å². The molecule has 2 heterocycles. The predicted molar refractivity (Wildman–Crippen MR) is 145 cm³/mol. The third kappa shape index (κ3) is 6.90. The molecule has 0 aliphatic rings. The molecule has 4 rings (SSSR count). The van der Waals surface area contributed by atoms with Crippen molar-refractivity contribution in [1.82, 2.24) is 25.0 Å². The molecular weight excluding hydrogens is 478 g/mol. The van der Waals surface area contributed by atoms with E-state index in [-0.39, 0.29) is 18.4 Å². The van der Waals surface area contributed by atoms with Crippen LogP contribution in [0.3, 0.4) is 0 Å². The van der Waals surface area contributed by atoms with Gasteiger partial charge in [-0.25, -0.2) is 4.98 Å². The molecule has 38 heavy (non-hydrogen) atoms. The normalized spacial score (nSPS) is 11.4. The smallest absolute Gasteiger partial charge is 0.247 e. The summed E-state index contributed by atoms with van der Waals surface area (Å²) in [4.78, 5) is 31.1. The standard InChI is InChI=1S/C29H29N7O2/c1-35(2)27(37)20-36-19-25(18-33-36)24-12-13-26(32-17-24)34-29(38)28(23-6-4-3-5-7-23)31-15-14-21-8-10-22(16-30)11-9-21/h3-13,17-19,28,31H,14-15,20H2,1-2H3,(H,32,34,38). The molecule has 192 valence electrons. The predicted octanol–water partition coefficient (Wildman–Crippen LogP) is 3.42. The Balaban J connectivity index is 1.40. The Labute approximate surface area is 221 Å². The highest BCUT2D eigenvalue weighted by Crippen LogP contribution is 2.20. The van der Waals surface area contributed by atoms with E-state index < -0.39 is 6.04 Å². The van der Waals surface area contributed by atoms with Crippen LogP contribution in [-0.4, -0.2) is 52.1 Å². The molecule has 2 aromatic carbocycles. The number of hydrogen-bond donors (Lipinski definition) is 2. The molecule has 2 amide bonds. The van der Waals surface area contributed by atoms with E-state index in [1.807, 2.05) is 48.5 Å². The molecule has 1 unspecified atom stereocenters. The number of hydrogen-bond acceptors (Lipinski definition) is 6. The second kappa shape index (κ2) is 12.4. The summed E-state index contributed by atoms with van der Waals surface area (Å²) in [6.45, 7) is 0.735. The number of carbonyl (C=O) groups excluding carboxylic acids is 2. The van der Waals surface area contributed by atoms with Crippen LogP contribution in [-0.2, 0) is 22.6 Å². The summed E-state index contributed by atoms with van der Waals surface area (Å²) in [5, 5.41) is 19.5. The van der Waals surface area contributed by atoms with Crippen molar-refractivity contribution >= 4 is 17.6 Å². The number of nitrogens with one attached hydrogen (secondary N) is 2. The van der Waals surface area contributed by atoms with Gasteiger partial charge < -0.3 is 15.5 Å². The number of carbonyl (C=O) groups is 2. The molecule has 0 aliphatic carbocycles. The summed E-state index contributed by atoms with van der Waals surface area (Å²) in [5.41, 5.74) is 4.20. The average Bonchev–Trinajstić information content (AvgIpc) is 3.40. The summed E-state index contributed by atoms with van der Waals surface area (Å²) in [6.07, 6.45) is 5.85. The third-order valence-electron chi connectivity index (χ3n) is 6.02. The van der Waals surface area contributed by atoms with Gasteiger partial charge in [0.25, 0.3) is 0 Å². The fourth-order valence-corrected chi connectivity index (χ4v) is 3.83. The van der Waals surface area contributed by atoms with Crippen LogP contribution in [0.4, 0.5) is 5.82 Å². The van der Waals surface area contributed by atoms with Gasteiger partial charge in [0.2, 0.25) is 11.8 Å². The molecule has 0 spiro atoms. The van der Waals surface area contributed by atoms with Crippen LogP contribution in [0.5, 0.6) is 0 Å². The summed E-state index contributed by atoms with van der Waals surface area (Å²) in [7, 11) is 3.41. The minimum Gasteiger partial charge on any atom is -0.347 e. The monoisotopic (exact) mass is 507 g/mol. The summed E-state index contributed by atoms with van der Waals surface area (Å²) < 4.78 is 1.58. The molecule has 0 fully saturated rings. The highest BCUT2D eigenvalue weighted by Gasteiger charge is 2.20. The zero-order chi connectivity index (χ0) is 26.9. The van der Waals surface area contributed by atoms with Crippen molar-refractivity contribution in [3.8, 4) is 17.2 Å². The quantitative estimate of drug-likeness (QED) is 0.340. The molecular formula is C29H29N7O2. The van der Waals surface area contributed by atoms with E-state index in [1.54, 1.807) is 55.6 Å². The summed E-state index contributed by atoms with van der Waals surface area (Å²) in [5.74, 6) is 0.171. The maximum absolute atomic E-state index is 13.3. The Bertz CT molecular complexity index is 1410. The molecule has 2 aromatic heterocycles. The van der Waals surface area contributed by atoms with E-state index in [1.165, 1.54) is 4.90 Å². The molecule has 0 bridgehead atoms. The van der Waals surface area contributed by atoms with Gasteiger partial charge in [0, 0.05) is 44.2 Å². The van der Waals surface area contributed by atoms with Crippen molar-refractivity contribution in [2.75, 3.05) is 26.0 Å². The van der Waals surface area contributed by atoms with Crippen molar-refractivity contribution in [3.63, 3.8) is 0 Å². The van der Waals surface area contributed by atoms with Crippen molar-refractivity contribution in [2.24, 2.45) is 0 Å². The number of aromatic nitrogens is 3. The molecule has 0 radical (unpaired) electrons. The number of nitriles is 1. The highest BCUT2D eigenvalue weighted by atomic mass is 16.2. The first kappa shape index (κ1) is 26.3. The minimum absolute atomic E-state index is 0.0469. The Morgan fingerprint density at radius 1 is 1.00 bits per heavy atom. The molecule has 9 nitrogen and oxygen atoms in total. The summed E-state index contributed by atoms with van der Waals surface area (Å²) in [6, 6.07) is 22.1. The van der Waals surface area contributed by atoms with Crippen LogP contribution < -0.4 is 10.6 Å². The number of amides is 2. The number of pyridine rings is 1. The van der Waals surface area contributed by atoms with Gasteiger partial charge in [0.15, 0.2) is 0 Å². The van der Waals surface area contributed by atoms with Crippen LogP contribution in [0, 0.1) is 11.3 Å². The SMILES string of the molecule is CN(C)C(=O)Cn1cc(-c2ccc(NC(=O)C(NCCc3ccc(C#N)cc3)c3ccccc3)nc2)cn1. The number of likely N-dealkylation sites (N-methyl/N-ethyl adjacent to an activating group) is 1. The molecule has 2 N–H and O–H groups in total. The molecule has 1 atom stereocenters. The van der Waals surface area contributed by atoms with Gasteiger partial charge >= 0.3 is 0 Å². The van der Waals surface area contributed by atoms with Gasteiger partial charge in [-0.15, -0.1) is 0 Å². The lowest BCUT2D eigenvalue weighted by atomic mass is 10.0. The number of benzene rings is 2. The first-order chi connectivity index (χ1) is 18.4. The lowest BCUT2D eigenvalue weighted by molar-refractivity contribution is -0.129. The zero-order valence-corrected chi connectivity index (χ0v) is 21.3. The molecule has 0 saturated carbocycles. The maximum atomic E-state index is 13.3. The van der Waals surface area contributed by atoms with Crippen molar-refractivity contribution in [3.05, 3.63) is 102 Å². The van der Waals surface area contributed by atoms with Crippen molar-refractivity contribution < 1.29 is 9.59 Å². The van der Waals surface area contributed by atoms with E-state index in [0.717, 1.165) is 22.3 Å². The largest absolute Gasteiger partial charge is 0.347 e. The van der Waals surface area contributed by atoms with Crippen LogP contribution in [0.25, 0.3) is 11.1 Å². The van der Waals surface area contributed by atoms with Crippen LogP contribution in [0.1, 0.15) is 22.7 Å². The topological polar surface area (TPSA) is 116 Å². The number of nitrogens with zero attached hydrogens (tertiary/aromatic N) is 5. The van der Waals surface area contributed by atoms with Crippen LogP contribution in [0.15, 0.2) is 85.3 Å². The molecule has 9 heteroatoms. The maximum Gasteiger partial charge on any atom is 0.247 e. The van der Waals surface area contributed by atoms with Gasteiger partial charge in [-0.1, -0.05) is 42.5 Å². The zero-order valence-electron chi connectivity index (χ0n) is 21.3. The second-order valence-corrected chi connectivity index (χ2v) is 8.99. The number of rotatable bonds is 10. The Morgan fingerprint density at radius 3 is 2.42 bits per heavy atom. The van der Waals surface area contributed by atoms with Crippen molar-refractivity contribution in [2.45, 2.75) is 19.0 Å². The fourth-order valence-electron chi connectivity index (χ4n) is 3.83. The van der Waals surface area contributed by atoms with E-state index in [9.17, 15) is 9.59 Å². The minimum atomic E-state index is -0.566. The third-order valence-corrected chi connectivity index (χ3v) is 6.02.